The number of allylic oxidation sites excluding steroid dienone is 1. The summed E-state index contributed by atoms with van der Waals surface area (Å²) in [6.45, 7) is 11.2. The Morgan fingerprint density at radius 3 is 2.12 bits per heavy atom. The second-order valence-electron chi connectivity index (χ2n) is 9.87. The molecule has 8 heteroatoms. The van der Waals surface area contributed by atoms with Crippen LogP contribution >= 0.6 is 0 Å². The van der Waals surface area contributed by atoms with E-state index in [4.69, 9.17) is 5.73 Å². The number of benzene rings is 1. The van der Waals surface area contributed by atoms with E-state index in [1.54, 1.807) is 19.3 Å². The average molecular weight is 461 g/mol. The highest BCUT2D eigenvalue weighted by molar-refractivity contribution is 5.90. The molecule has 0 unspecified atom stereocenters. The molecule has 0 spiro atoms. The maximum Gasteiger partial charge on any atom is 0.260 e. The van der Waals surface area contributed by atoms with Crippen molar-refractivity contribution >= 4 is 23.8 Å². The van der Waals surface area contributed by atoms with Gasteiger partial charge in [-0.25, -0.2) is 5.48 Å². The summed E-state index contributed by atoms with van der Waals surface area (Å²) < 4.78 is 0. The fourth-order valence-corrected chi connectivity index (χ4v) is 3.52. The number of nitrogens with zero attached hydrogens (tertiary/aromatic N) is 1. The predicted octanol–water partition coefficient (Wildman–Crippen LogP) is 3.13. The van der Waals surface area contributed by atoms with Gasteiger partial charge in [0.05, 0.1) is 17.4 Å². The number of hydrazine groups is 1. The molecule has 0 heterocycles. The molecular formula is C25H40N4O4. The van der Waals surface area contributed by atoms with Crippen molar-refractivity contribution in [3.05, 3.63) is 42.0 Å². The summed E-state index contributed by atoms with van der Waals surface area (Å²) in [5.74, 6) is -2.91. The number of rotatable bonds is 11. The van der Waals surface area contributed by atoms with Crippen LogP contribution in [0.5, 0.6) is 0 Å². The summed E-state index contributed by atoms with van der Waals surface area (Å²) in [5.41, 5.74) is 10.2. The molecule has 2 atom stereocenters. The number of nitrogens with two attached hydrogens (primary N) is 1. The SMILES string of the molecule is CC(C)C[C@@H](C(=O)NN(CC(C)C)C(=O)C(C)(C)N)[C@H](CC=Cc1ccccc1)C(=O)NO. The number of hydroxylamine groups is 1. The van der Waals surface area contributed by atoms with Crippen molar-refractivity contribution in [2.45, 2.75) is 59.9 Å². The molecule has 0 aromatic heterocycles. The zero-order chi connectivity index (χ0) is 25.2. The average Bonchev–Trinajstić information content (AvgIpc) is 2.73. The Hall–Kier alpha value is -2.71. The molecule has 0 saturated carbocycles. The molecule has 0 saturated heterocycles. The molecular weight excluding hydrogens is 420 g/mol. The number of nitrogens with one attached hydrogen (secondary N) is 2. The first-order chi connectivity index (χ1) is 15.4. The molecule has 0 aliphatic carbocycles. The summed E-state index contributed by atoms with van der Waals surface area (Å²) in [5, 5.41) is 10.6. The molecule has 33 heavy (non-hydrogen) atoms. The maximum absolute atomic E-state index is 13.4. The van der Waals surface area contributed by atoms with Crippen LogP contribution in [0.3, 0.4) is 0 Å². The van der Waals surface area contributed by atoms with Crippen LogP contribution in [0.1, 0.15) is 59.9 Å². The van der Waals surface area contributed by atoms with Gasteiger partial charge in [-0.1, -0.05) is 70.2 Å². The monoisotopic (exact) mass is 460 g/mol. The van der Waals surface area contributed by atoms with Gasteiger partial charge in [0.1, 0.15) is 0 Å². The number of carbonyl (C=O) groups is 3. The van der Waals surface area contributed by atoms with Crippen molar-refractivity contribution in [3.8, 4) is 0 Å². The van der Waals surface area contributed by atoms with Crippen molar-refractivity contribution < 1.29 is 19.6 Å². The van der Waals surface area contributed by atoms with Gasteiger partial charge in [0, 0.05) is 6.54 Å². The third-order valence-corrected chi connectivity index (χ3v) is 5.08. The zero-order valence-corrected chi connectivity index (χ0v) is 20.7. The number of amides is 3. The van der Waals surface area contributed by atoms with Crippen molar-refractivity contribution in [2.75, 3.05) is 6.54 Å². The van der Waals surface area contributed by atoms with Gasteiger partial charge in [0.2, 0.25) is 11.8 Å². The van der Waals surface area contributed by atoms with Gasteiger partial charge >= 0.3 is 0 Å². The Labute approximate surface area is 197 Å². The Morgan fingerprint density at radius 1 is 1.03 bits per heavy atom. The van der Waals surface area contributed by atoms with Crippen molar-refractivity contribution in [1.29, 1.82) is 0 Å². The van der Waals surface area contributed by atoms with Gasteiger partial charge < -0.3 is 5.73 Å². The van der Waals surface area contributed by atoms with Crippen LogP contribution in [0.4, 0.5) is 0 Å². The van der Waals surface area contributed by atoms with E-state index in [1.165, 1.54) is 5.01 Å². The van der Waals surface area contributed by atoms with E-state index in [2.05, 4.69) is 5.43 Å². The molecule has 5 N–H and O–H groups in total. The molecule has 0 bridgehead atoms. The standard InChI is InChI=1S/C25H40N4O4/c1-17(2)15-21(22(30)27-29(16-18(3)4)24(32)25(5,6)26)20(23(31)28-33)14-10-13-19-11-8-7-9-12-19/h7-13,17-18,20-21,33H,14-16,26H2,1-6H3,(H,27,30)(H,28,31)/t20-,21+/m0/s1. The molecule has 0 aliphatic rings. The lowest BCUT2D eigenvalue weighted by molar-refractivity contribution is -0.150. The van der Waals surface area contributed by atoms with Gasteiger partial charge in [0.25, 0.3) is 5.91 Å². The third kappa shape index (κ3) is 9.75. The molecule has 8 nitrogen and oxygen atoms in total. The molecule has 1 rings (SSSR count). The van der Waals surface area contributed by atoms with E-state index >= 15 is 0 Å². The van der Waals surface area contributed by atoms with Gasteiger partial charge in [-0.05, 0) is 44.1 Å². The highest BCUT2D eigenvalue weighted by atomic mass is 16.5. The highest BCUT2D eigenvalue weighted by Crippen LogP contribution is 2.26. The third-order valence-electron chi connectivity index (χ3n) is 5.08. The summed E-state index contributed by atoms with van der Waals surface area (Å²) >= 11 is 0. The first-order valence-corrected chi connectivity index (χ1v) is 11.4. The van der Waals surface area contributed by atoms with E-state index in [0.29, 0.717) is 6.42 Å². The fraction of sp³-hybridized carbons (Fsp3) is 0.560. The van der Waals surface area contributed by atoms with E-state index in [9.17, 15) is 19.6 Å². The normalized spacial score (nSPS) is 13.8. The minimum absolute atomic E-state index is 0.0884. The van der Waals surface area contributed by atoms with Crippen LogP contribution in [-0.2, 0) is 14.4 Å². The largest absolute Gasteiger partial charge is 0.318 e. The van der Waals surface area contributed by atoms with Crippen molar-refractivity contribution in [2.24, 2.45) is 29.4 Å². The lowest BCUT2D eigenvalue weighted by Gasteiger charge is -2.33. The smallest absolute Gasteiger partial charge is 0.260 e. The Bertz CT molecular complexity index is 800. The van der Waals surface area contributed by atoms with Crippen LogP contribution in [-0.4, -0.2) is 40.0 Å². The molecule has 1 aromatic carbocycles. The fourth-order valence-electron chi connectivity index (χ4n) is 3.52. The molecule has 0 aliphatic heterocycles. The Kier molecular flexibility index (Phi) is 11.2. The van der Waals surface area contributed by atoms with Gasteiger partial charge in [-0.3, -0.25) is 30.0 Å². The van der Waals surface area contributed by atoms with Crippen molar-refractivity contribution in [1.82, 2.24) is 15.9 Å². The predicted molar refractivity (Wildman–Crippen MR) is 129 cm³/mol. The second-order valence-corrected chi connectivity index (χ2v) is 9.87. The van der Waals surface area contributed by atoms with Gasteiger partial charge in [-0.2, -0.15) is 0 Å². The number of hydrogen-bond donors (Lipinski definition) is 4. The van der Waals surface area contributed by atoms with Crippen LogP contribution in [0.15, 0.2) is 36.4 Å². The second kappa shape index (κ2) is 13.1. The molecule has 3 amide bonds. The summed E-state index contributed by atoms with van der Waals surface area (Å²) in [6, 6.07) is 9.59. The van der Waals surface area contributed by atoms with Crippen molar-refractivity contribution in [3.63, 3.8) is 0 Å². The zero-order valence-electron chi connectivity index (χ0n) is 20.7. The van der Waals surface area contributed by atoms with Crippen LogP contribution in [0.2, 0.25) is 0 Å². The minimum atomic E-state index is -1.17. The lowest BCUT2D eigenvalue weighted by Crippen LogP contribution is -2.59. The number of carbonyl (C=O) groups excluding carboxylic acids is 3. The first-order valence-electron chi connectivity index (χ1n) is 11.4. The maximum atomic E-state index is 13.4. The first kappa shape index (κ1) is 28.3. The van der Waals surface area contributed by atoms with Crippen LogP contribution < -0.4 is 16.6 Å². The summed E-state index contributed by atoms with van der Waals surface area (Å²) in [6.07, 6.45) is 4.33. The molecule has 0 fully saturated rings. The Morgan fingerprint density at radius 2 is 1.64 bits per heavy atom. The molecule has 1 aromatic rings. The number of hydrogen-bond acceptors (Lipinski definition) is 5. The Balaban J connectivity index is 3.18. The minimum Gasteiger partial charge on any atom is -0.318 e. The highest BCUT2D eigenvalue weighted by Gasteiger charge is 2.36. The molecule has 184 valence electrons. The van der Waals surface area contributed by atoms with Crippen LogP contribution in [0, 0.1) is 23.7 Å². The van der Waals surface area contributed by atoms with Gasteiger partial charge in [0.15, 0.2) is 0 Å². The molecule has 0 radical (unpaired) electrons. The lowest BCUT2D eigenvalue weighted by atomic mass is 9.82. The summed E-state index contributed by atoms with van der Waals surface area (Å²) in [7, 11) is 0. The van der Waals surface area contributed by atoms with Crippen LogP contribution in [0.25, 0.3) is 6.08 Å². The van der Waals surface area contributed by atoms with E-state index in [-0.39, 0.29) is 24.8 Å². The van der Waals surface area contributed by atoms with E-state index in [1.807, 2.05) is 70.2 Å². The van der Waals surface area contributed by atoms with E-state index < -0.39 is 35.1 Å². The van der Waals surface area contributed by atoms with Gasteiger partial charge in [-0.15, -0.1) is 0 Å². The van der Waals surface area contributed by atoms with E-state index in [0.717, 1.165) is 5.56 Å². The summed E-state index contributed by atoms with van der Waals surface area (Å²) in [4.78, 5) is 38.8. The quantitative estimate of drug-likeness (QED) is 0.298. The topological polar surface area (TPSA) is 125 Å².